The first-order valence-electron chi connectivity index (χ1n) is 20.8. The van der Waals surface area contributed by atoms with Crippen molar-refractivity contribution >= 4 is 0 Å². The molecular weight excluding hydrogens is 532 g/mol. The lowest BCUT2D eigenvalue weighted by Gasteiger charge is -2.17. The normalized spacial score (nSPS) is 13.1. The molecule has 44 heavy (non-hydrogen) atoms. The largest absolute Gasteiger partial charge is 0.257 e. The summed E-state index contributed by atoms with van der Waals surface area (Å²) in [6, 6.07) is 0.612. The number of unbranched alkanes of at least 4 members (excludes halogenated alkanes) is 27. The molecule has 0 saturated carbocycles. The van der Waals surface area contributed by atoms with Crippen molar-refractivity contribution in [3.8, 4) is 0 Å². The minimum atomic E-state index is 0.612. The van der Waals surface area contributed by atoms with Crippen LogP contribution in [0.5, 0.6) is 0 Å². The third-order valence-electron chi connectivity index (χ3n) is 10.4. The number of hydrogen-bond acceptors (Lipinski definition) is 0. The molecule has 1 heterocycles. The Bertz CT molecular complexity index is 679. The molecule has 0 aliphatic carbocycles. The first-order chi connectivity index (χ1) is 21.7. The maximum Gasteiger partial charge on any atom is 0.257 e. The average molecular weight is 616 g/mol. The van der Waals surface area contributed by atoms with E-state index in [2.05, 4.69) is 49.6 Å². The monoisotopic (exact) mass is 616 g/mol. The van der Waals surface area contributed by atoms with E-state index in [-0.39, 0.29) is 0 Å². The molecule has 0 fully saturated rings. The van der Waals surface area contributed by atoms with Crippen LogP contribution < -0.4 is 4.57 Å². The maximum absolute atomic E-state index is 3.71. The Labute approximate surface area is 278 Å². The van der Waals surface area contributed by atoms with Gasteiger partial charge in [-0.05, 0) is 26.2 Å². The van der Waals surface area contributed by atoms with Gasteiger partial charge in [-0.3, -0.25) is 0 Å². The van der Waals surface area contributed by atoms with Gasteiger partial charge in [0.15, 0.2) is 0 Å². The molecule has 0 spiro atoms. The van der Waals surface area contributed by atoms with Crippen molar-refractivity contribution in [1.82, 2.24) is 4.98 Å². The fourth-order valence-electron chi connectivity index (χ4n) is 7.39. The predicted molar refractivity (Wildman–Crippen MR) is 198 cm³/mol. The van der Waals surface area contributed by atoms with E-state index in [0.717, 1.165) is 0 Å². The van der Waals surface area contributed by atoms with Gasteiger partial charge in [-0.1, -0.05) is 213 Å². The third kappa shape index (κ3) is 23.5. The summed E-state index contributed by atoms with van der Waals surface area (Å²) in [5.41, 5.74) is 0. The SMILES string of the molecule is CCCCCCCCCCCCCCCCCCCC(CCCCCCCCCCCCCC)c1[nH]cc[n+]1C(C)CCC. The number of aromatic nitrogens is 2. The molecule has 2 nitrogen and oxygen atoms in total. The summed E-state index contributed by atoms with van der Waals surface area (Å²) >= 11 is 0. The molecule has 0 saturated heterocycles. The van der Waals surface area contributed by atoms with Crippen LogP contribution in [0.2, 0.25) is 0 Å². The van der Waals surface area contributed by atoms with Crippen molar-refractivity contribution in [1.29, 1.82) is 0 Å². The van der Waals surface area contributed by atoms with Gasteiger partial charge in [0.2, 0.25) is 0 Å². The number of aromatic amines is 1. The van der Waals surface area contributed by atoms with Crippen molar-refractivity contribution in [3.05, 3.63) is 18.2 Å². The number of H-pyrrole nitrogens is 1. The molecule has 2 atom stereocenters. The quantitative estimate of drug-likeness (QED) is 0.0579. The van der Waals surface area contributed by atoms with Crippen LogP contribution in [0.4, 0.5) is 0 Å². The van der Waals surface area contributed by atoms with E-state index in [0.29, 0.717) is 12.0 Å². The molecule has 1 aromatic rings. The molecule has 1 N–H and O–H groups in total. The average Bonchev–Trinajstić information content (AvgIpc) is 3.52. The van der Waals surface area contributed by atoms with Crippen LogP contribution in [0.3, 0.4) is 0 Å². The van der Waals surface area contributed by atoms with E-state index in [1.54, 1.807) is 0 Å². The number of nitrogens with one attached hydrogen (secondary N) is 1. The highest BCUT2D eigenvalue weighted by atomic mass is 15.1. The van der Waals surface area contributed by atoms with Crippen LogP contribution in [0.15, 0.2) is 12.4 Å². The highest BCUT2D eigenvalue weighted by Crippen LogP contribution is 2.27. The maximum atomic E-state index is 3.71. The molecule has 0 aliphatic rings. The second kappa shape index (κ2) is 32.2. The molecule has 0 aromatic carbocycles. The predicted octanol–water partition coefficient (Wildman–Crippen LogP) is 14.9. The number of hydrogen-bond donors (Lipinski definition) is 1. The van der Waals surface area contributed by atoms with Gasteiger partial charge < -0.3 is 0 Å². The van der Waals surface area contributed by atoms with E-state index >= 15 is 0 Å². The summed E-state index contributed by atoms with van der Waals surface area (Å²) in [6.07, 6.45) is 51.8. The van der Waals surface area contributed by atoms with Gasteiger partial charge in [-0.15, -0.1) is 0 Å². The zero-order valence-electron chi connectivity index (χ0n) is 31.1. The molecule has 0 bridgehead atoms. The number of nitrogens with zero attached hydrogens (tertiary/aromatic N) is 1. The zero-order chi connectivity index (χ0) is 31.8. The molecular formula is C42H83N2+. The first kappa shape index (κ1) is 41.2. The second-order valence-corrected chi connectivity index (χ2v) is 14.7. The fraction of sp³-hybridized carbons (Fsp3) is 0.929. The Morgan fingerprint density at radius 1 is 0.432 bits per heavy atom. The standard InChI is InChI=1S/C42H82N2/c1-5-8-10-12-14-16-18-20-21-22-23-24-26-28-30-32-34-37-41(42-43-38-39-44(42)40(4)35-7-3)36-33-31-29-27-25-19-17-15-13-11-9-6-2/h38-41H,5-37H2,1-4H3/p+1. The van der Waals surface area contributed by atoms with E-state index in [1.165, 1.54) is 218 Å². The minimum absolute atomic E-state index is 0.612. The highest BCUT2D eigenvalue weighted by Gasteiger charge is 2.25. The molecule has 0 aliphatic heterocycles. The molecule has 2 unspecified atom stereocenters. The Hall–Kier alpha value is -0.790. The smallest absolute Gasteiger partial charge is 0.247 e. The van der Waals surface area contributed by atoms with Gasteiger partial charge in [0.05, 0.1) is 12.0 Å². The van der Waals surface area contributed by atoms with Gasteiger partial charge in [0, 0.05) is 0 Å². The summed E-state index contributed by atoms with van der Waals surface area (Å²) in [5.74, 6) is 2.23. The summed E-state index contributed by atoms with van der Waals surface area (Å²) < 4.78 is 2.59. The molecule has 0 amide bonds. The topological polar surface area (TPSA) is 19.7 Å². The van der Waals surface area contributed by atoms with E-state index in [4.69, 9.17) is 0 Å². The van der Waals surface area contributed by atoms with E-state index in [1.807, 2.05) is 0 Å². The number of rotatable bonds is 35. The van der Waals surface area contributed by atoms with Gasteiger partial charge >= 0.3 is 0 Å². The lowest BCUT2D eigenvalue weighted by atomic mass is 9.92. The van der Waals surface area contributed by atoms with E-state index < -0.39 is 0 Å². The number of imidazole rings is 1. The highest BCUT2D eigenvalue weighted by molar-refractivity contribution is 4.90. The van der Waals surface area contributed by atoms with Crippen LogP contribution in [0.25, 0.3) is 0 Å². The van der Waals surface area contributed by atoms with Crippen molar-refractivity contribution in [3.63, 3.8) is 0 Å². The minimum Gasteiger partial charge on any atom is -0.247 e. The Balaban J connectivity index is 2.18. The summed E-state index contributed by atoms with van der Waals surface area (Å²) in [6.45, 7) is 9.36. The lowest BCUT2D eigenvalue weighted by Crippen LogP contribution is -2.41. The summed E-state index contributed by atoms with van der Waals surface area (Å²) in [4.78, 5) is 3.71. The summed E-state index contributed by atoms with van der Waals surface area (Å²) in [5, 5.41) is 0. The van der Waals surface area contributed by atoms with Crippen LogP contribution in [0, 0.1) is 0 Å². The van der Waals surface area contributed by atoms with Crippen molar-refractivity contribution < 1.29 is 4.57 Å². The third-order valence-corrected chi connectivity index (χ3v) is 10.4. The molecule has 0 radical (unpaired) electrons. The Morgan fingerprint density at radius 2 is 0.750 bits per heavy atom. The lowest BCUT2D eigenvalue weighted by molar-refractivity contribution is -0.727. The van der Waals surface area contributed by atoms with Gasteiger partial charge in [-0.25, -0.2) is 9.55 Å². The molecule has 1 rings (SSSR count). The first-order valence-corrected chi connectivity index (χ1v) is 20.8. The van der Waals surface area contributed by atoms with Crippen molar-refractivity contribution in [2.75, 3.05) is 0 Å². The van der Waals surface area contributed by atoms with Crippen LogP contribution >= 0.6 is 0 Å². The molecule has 1 aromatic heterocycles. The van der Waals surface area contributed by atoms with Crippen LogP contribution in [0.1, 0.15) is 257 Å². The Kier molecular flexibility index (Phi) is 30.1. The van der Waals surface area contributed by atoms with Crippen molar-refractivity contribution in [2.24, 2.45) is 0 Å². The summed E-state index contributed by atoms with van der Waals surface area (Å²) in [7, 11) is 0. The van der Waals surface area contributed by atoms with Crippen molar-refractivity contribution in [2.45, 2.75) is 252 Å². The van der Waals surface area contributed by atoms with Gasteiger partial charge in [0.25, 0.3) is 5.82 Å². The second-order valence-electron chi connectivity index (χ2n) is 14.7. The van der Waals surface area contributed by atoms with Crippen LogP contribution in [-0.4, -0.2) is 4.98 Å². The fourth-order valence-corrected chi connectivity index (χ4v) is 7.39. The van der Waals surface area contributed by atoms with Gasteiger partial charge in [0.1, 0.15) is 12.4 Å². The van der Waals surface area contributed by atoms with Gasteiger partial charge in [-0.2, -0.15) is 0 Å². The molecule has 2 heteroatoms. The van der Waals surface area contributed by atoms with Crippen LogP contribution in [-0.2, 0) is 0 Å². The Morgan fingerprint density at radius 3 is 1.07 bits per heavy atom. The molecule has 260 valence electrons. The zero-order valence-corrected chi connectivity index (χ0v) is 31.1. The van der Waals surface area contributed by atoms with E-state index in [9.17, 15) is 0 Å².